The van der Waals surface area contributed by atoms with Gasteiger partial charge in [-0.3, -0.25) is 9.69 Å². The second-order valence-corrected chi connectivity index (χ2v) is 10.2. The first kappa shape index (κ1) is 22.2. The standard InChI is InChI=1S/C22H35N3O3S/c1-3-25(4-2)29(27,28)20-13-11-18(12-14-20)16-23-22(26)17-24-15-7-9-19-8-5-6-10-21(19)24/h11-14,19,21H,3-10,15-17H2,1-2H3,(H,23,26)/t19-,21-/m0/s1. The minimum absolute atomic E-state index is 0.0519. The van der Waals surface area contributed by atoms with Crippen LogP contribution in [0.3, 0.4) is 0 Å². The molecular formula is C22H35N3O3S. The van der Waals surface area contributed by atoms with E-state index in [1.807, 2.05) is 13.8 Å². The fourth-order valence-corrected chi connectivity index (χ4v) is 6.32. The zero-order valence-electron chi connectivity index (χ0n) is 17.8. The van der Waals surface area contributed by atoms with E-state index in [2.05, 4.69) is 10.2 Å². The van der Waals surface area contributed by atoms with E-state index in [9.17, 15) is 13.2 Å². The number of fused-ring (bicyclic) bond motifs is 1. The average molecular weight is 422 g/mol. The fourth-order valence-electron chi connectivity index (χ4n) is 4.86. The molecule has 1 aliphatic carbocycles. The molecule has 1 saturated heterocycles. The van der Waals surface area contributed by atoms with Gasteiger partial charge >= 0.3 is 0 Å². The van der Waals surface area contributed by atoms with Crippen LogP contribution in [-0.4, -0.2) is 55.8 Å². The molecule has 0 aromatic heterocycles. The molecule has 1 saturated carbocycles. The van der Waals surface area contributed by atoms with Gasteiger partial charge in [-0.2, -0.15) is 4.31 Å². The lowest BCUT2D eigenvalue weighted by Gasteiger charge is -2.43. The molecule has 29 heavy (non-hydrogen) atoms. The number of hydrogen-bond donors (Lipinski definition) is 1. The predicted octanol–water partition coefficient (Wildman–Crippen LogP) is 2.99. The van der Waals surface area contributed by atoms with Gasteiger partial charge in [0.1, 0.15) is 0 Å². The quantitative estimate of drug-likeness (QED) is 0.701. The third kappa shape index (κ3) is 5.38. The highest BCUT2D eigenvalue weighted by molar-refractivity contribution is 7.89. The highest BCUT2D eigenvalue weighted by atomic mass is 32.2. The molecule has 1 N–H and O–H groups in total. The molecule has 0 unspecified atom stereocenters. The normalized spacial score (nSPS) is 23.0. The number of benzene rings is 1. The summed E-state index contributed by atoms with van der Waals surface area (Å²) < 4.78 is 26.6. The van der Waals surface area contributed by atoms with Crippen molar-refractivity contribution in [2.75, 3.05) is 26.2 Å². The molecule has 1 heterocycles. The second-order valence-electron chi connectivity index (χ2n) is 8.23. The maximum atomic E-state index is 12.6. The van der Waals surface area contributed by atoms with Gasteiger partial charge in [0.2, 0.25) is 15.9 Å². The summed E-state index contributed by atoms with van der Waals surface area (Å²) in [4.78, 5) is 15.2. The minimum Gasteiger partial charge on any atom is -0.351 e. The highest BCUT2D eigenvalue weighted by Gasteiger charge is 2.33. The Bertz CT molecular complexity index is 773. The maximum absolute atomic E-state index is 12.6. The van der Waals surface area contributed by atoms with E-state index in [1.165, 1.54) is 42.8 Å². The average Bonchev–Trinajstić information content (AvgIpc) is 2.73. The summed E-state index contributed by atoms with van der Waals surface area (Å²) >= 11 is 0. The third-order valence-electron chi connectivity index (χ3n) is 6.46. The molecule has 2 aliphatic rings. The maximum Gasteiger partial charge on any atom is 0.243 e. The zero-order chi connectivity index (χ0) is 20.9. The number of piperidine rings is 1. The lowest BCUT2D eigenvalue weighted by Crippen LogP contribution is -2.50. The van der Waals surface area contributed by atoms with E-state index >= 15 is 0 Å². The Hall–Kier alpha value is -1.44. The van der Waals surface area contributed by atoms with Crippen LogP contribution in [0.5, 0.6) is 0 Å². The van der Waals surface area contributed by atoms with Gasteiger partial charge in [0, 0.05) is 25.7 Å². The Balaban J connectivity index is 1.52. The van der Waals surface area contributed by atoms with Crippen molar-refractivity contribution in [3.63, 3.8) is 0 Å². The summed E-state index contributed by atoms with van der Waals surface area (Å²) in [6.45, 7) is 6.49. The van der Waals surface area contributed by atoms with Gasteiger partial charge in [-0.15, -0.1) is 0 Å². The van der Waals surface area contributed by atoms with Crippen molar-refractivity contribution in [3.8, 4) is 0 Å². The minimum atomic E-state index is -3.44. The second kappa shape index (κ2) is 10.0. The summed E-state index contributed by atoms with van der Waals surface area (Å²) in [5.41, 5.74) is 0.908. The van der Waals surface area contributed by atoms with Crippen molar-refractivity contribution in [2.24, 2.45) is 5.92 Å². The van der Waals surface area contributed by atoms with Crippen molar-refractivity contribution in [1.82, 2.24) is 14.5 Å². The van der Waals surface area contributed by atoms with Gasteiger partial charge in [-0.25, -0.2) is 8.42 Å². The molecule has 1 aromatic carbocycles. The summed E-state index contributed by atoms with van der Waals surface area (Å²) in [6, 6.07) is 7.41. The zero-order valence-corrected chi connectivity index (χ0v) is 18.6. The molecule has 6 nitrogen and oxygen atoms in total. The molecule has 0 spiro atoms. The SMILES string of the molecule is CCN(CC)S(=O)(=O)c1ccc(CNC(=O)CN2CCC[C@@H]3CCCC[C@@H]32)cc1. The number of hydrogen-bond acceptors (Lipinski definition) is 4. The predicted molar refractivity (Wildman–Crippen MR) is 115 cm³/mol. The largest absolute Gasteiger partial charge is 0.351 e. The molecule has 0 radical (unpaired) electrons. The molecular weight excluding hydrogens is 386 g/mol. The number of sulfonamides is 1. The molecule has 2 fully saturated rings. The molecule has 1 aromatic rings. The van der Waals surface area contributed by atoms with Crippen molar-refractivity contribution in [1.29, 1.82) is 0 Å². The number of carbonyl (C=O) groups is 1. The summed E-state index contributed by atoms with van der Waals surface area (Å²) in [5, 5.41) is 3.00. The Kier molecular flexibility index (Phi) is 7.71. The number of nitrogens with zero attached hydrogens (tertiary/aromatic N) is 2. The Morgan fingerprint density at radius 2 is 1.72 bits per heavy atom. The van der Waals surface area contributed by atoms with E-state index in [0.29, 0.717) is 37.1 Å². The van der Waals surface area contributed by atoms with Crippen LogP contribution in [0, 0.1) is 5.92 Å². The van der Waals surface area contributed by atoms with Crippen LogP contribution < -0.4 is 5.32 Å². The van der Waals surface area contributed by atoms with Crippen LogP contribution in [0.2, 0.25) is 0 Å². The molecule has 7 heteroatoms. The molecule has 1 aliphatic heterocycles. The molecule has 3 rings (SSSR count). The topological polar surface area (TPSA) is 69.7 Å². The Morgan fingerprint density at radius 3 is 2.41 bits per heavy atom. The monoisotopic (exact) mass is 421 g/mol. The third-order valence-corrected chi connectivity index (χ3v) is 8.53. The van der Waals surface area contributed by atoms with Crippen LogP contribution in [0.4, 0.5) is 0 Å². The Labute approximate surface area is 175 Å². The van der Waals surface area contributed by atoms with E-state index in [0.717, 1.165) is 18.0 Å². The summed E-state index contributed by atoms with van der Waals surface area (Å²) in [7, 11) is -3.44. The van der Waals surface area contributed by atoms with Crippen LogP contribution in [-0.2, 0) is 21.4 Å². The molecule has 0 bridgehead atoms. The number of nitrogens with one attached hydrogen (secondary N) is 1. The first-order valence-electron chi connectivity index (χ1n) is 11.1. The molecule has 2 atom stereocenters. The highest BCUT2D eigenvalue weighted by Crippen LogP contribution is 2.34. The summed E-state index contributed by atoms with van der Waals surface area (Å²) in [5.74, 6) is 0.821. The van der Waals surface area contributed by atoms with Gasteiger partial charge in [0.25, 0.3) is 0 Å². The summed E-state index contributed by atoms with van der Waals surface area (Å²) in [6.07, 6.45) is 7.65. The van der Waals surface area contributed by atoms with Crippen LogP contribution in [0.25, 0.3) is 0 Å². The molecule has 1 amide bonds. The van der Waals surface area contributed by atoms with E-state index in [-0.39, 0.29) is 5.91 Å². The van der Waals surface area contributed by atoms with Crippen LogP contribution in [0.1, 0.15) is 57.9 Å². The van der Waals surface area contributed by atoms with Gasteiger partial charge in [0.05, 0.1) is 11.4 Å². The lowest BCUT2D eigenvalue weighted by molar-refractivity contribution is -0.124. The van der Waals surface area contributed by atoms with Gasteiger partial charge in [0.15, 0.2) is 0 Å². The van der Waals surface area contributed by atoms with E-state index in [4.69, 9.17) is 0 Å². The van der Waals surface area contributed by atoms with E-state index < -0.39 is 10.0 Å². The number of rotatable bonds is 8. The van der Waals surface area contributed by atoms with Crippen molar-refractivity contribution < 1.29 is 13.2 Å². The number of amides is 1. The van der Waals surface area contributed by atoms with Gasteiger partial charge in [-0.05, 0) is 55.8 Å². The van der Waals surface area contributed by atoms with Crippen molar-refractivity contribution in [3.05, 3.63) is 29.8 Å². The van der Waals surface area contributed by atoms with Gasteiger partial charge < -0.3 is 5.32 Å². The lowest BCUT2D eigenvalue weighted by atomic mass is 9.78. The van der Waals surface area contributed by atoms with Crippen molar-refractivity contribution >= 4 is 15.9 Å². The first-order valence-corrected chi connectivity index (χ1v) is 12.5. The number of likely N-dealkylation sites (tertiary alicyclic amines) is 1. The Morgan fingerprint density at radius 1 is 1.07 bits per heavy atom. The van der Waals surface area contributed by atoms with Crippen molar-refractivity contribution in [2.45, 2.75) is 69.9 Å². The fraction of sp³-hybridized carbons (Fsp3) is 0.682. The number of carbonyl (C=O) groups excluding carboxylic acids is 1. The first-order chi connectivity index (χ1) is 14.0. The van der Waals surface area contributed by atoms with Crippen LogP contribution >= 0.6 is 0 Å². The smallest absolute Gasteiger partial charge is 0.243 e. The van der Waals surface area contributed by atoms with Crippen LogP contribution in [0.15, 0.2) is 29.2 Å². The van der Waals surface area contributed by atoms with Gasteiger partial charge in [-0.1, -0.05) is 38.8 Å². The van der Waals surface area contributed by atoms with E-state index in [1.54, 1.807) is 24.3 Å². The molecule has 162 valence electrons.